The third-order valence-electron chi connectivity index (χ3n) is 6.20. The highest BCUT2D eigenvalue weighted by Gasteiger charge is 2.49. The Morgan fingerprint density at radius 3 is 2.70 bits per heavy atom. The first kappa shape index (κ1) is 20.2. The maximum Gasteiger partial charge on any atom is 0.292 e. The second kappa shape index (κ2) is 7.14. The van der Waals surface area contributed by atoms with Crippen LogP contribution in [0, 0.1) is 23.2 Å². The number of nitrogens with zero attached hydrogens (tertiary/aromatic N) is 2. The summed E-state index contributed by atoms with van der Waals surface area (Å²) >= 11 is 0. The molecule has 0 heterocycles. The average molecular weight is 396 g/mol. The topological polar surface area (TPSA) is 125 Å². The second-order valence-corrected chi connectivity index (χ2v) is 10.0. The van der Waals surface area contributed by atoms with Gasteiger partial charge in [0.05, 0.1) is 17.1 Å². The molecule has 7 nitrogen and oxygen atoms in total. The number of nitrogens with two attached hydrogens (primary N) is 1. The molecular weight excluding hydrogens is 366 g/mol. The summed E-state index contributed by atoms with van der Waals surface area (Å²) in [6.45, 7) is 6.01. The van der Waals surface area contributed by atoms with E-state index in [1.54, 1.807) is 6.08 Å². The Bertz CT molecular complexity index is 830. The van der Waals surface area contributed by atoms with Crippen LogP contribution in [0.15, 0.2) is 44.8 Å². The van der Waals surface area contributed by atoms with Crippen LogP contribution in [0.3, 0.4) is 0 Å². The lowest BCUT2D eigenvalue weighted by molar-refractivity contribution is -0.0416. The van der Waals surface area contributed by atoms with Gasteiger partial charge in [-0.25, -0.2) is 0 Å². The molecule has 6 unspecified atom stereocenters. The summed E-state index contributed by atoms with van der Waals surface area (Å²) in [6, 6.07) is -0.418. The summed E-state index contributed by atoms with van der Waals surface area (Å²) in [5, 5.41) is 19.4. The highest BCUT2D eigenvalue weighted by atomic mass is 32.2. The zero-order chi connectivity index (χ0) is 20.0. The van der Waals surface area contributed by atoms with Crippen molar-refractivity contribution in [2.75, 3.05) is 0 Å². The van der Waals surface area contributed by atoms with Crippen molar-refractivity contribution < 1.29 is 18.1 Å². The van der Waals surface area contributed by atoms with Gasteiger partial charge in [-0.1, -0.05) is 32.9 Å². The van der Waals surface area contributed by atoms with Gasteiger partial charge in [-0.05, 0) is 54.9 Å². The first-order chi connectivity index (χ1) is 12.5. The third kappa shape index (κ3) is 4.02. The Morgan fingerprint density at radius 2 is 2.04 bits per heavy atom. The van der Waals surface area contributed by atoms with E-state index in [2.05, 4.69) is 23.2 Å². The molecule has 6 atom stereocenters. The molecule has 0 aromatic carbocycles. The number of azo groups is 1. The van der Waals surface area contributed by atoms with Gasteiger partial charge in [0, 0.05) is 5.70 Å². The number of hydrogen-bond acceptors (Lipinski definition) is 6. The molecule has 27 heavy (non-hydrogen) atoms. The molecule has 1 saturated carbocycles. The van der Waals surface area contributed by atoms with Crippen LogP contribution in [0.4, 0.5) is 0 Å². The van der Waals surface area contributed by atoms with Gasteiger partial charge >= 0.3 is 0 Å². The number of fused-ring (bicyclic) bond motifs is 1. The molecule has 0 aliphatic heterocycles. The molecule has 0 spiro atoms. The van der Waals surface area contributed by atoms with Gasteiger partial charge in [0.25, 0.3) is 10.1 Å². The normalized spacial score (nSPS) is 40.2. The Morgan fingerprint density at radius 1 is 1.33 bits per heavy atom. The van der Waals surface area contributed by atoms with Crippen LogP contribution in [-0.2, 0) is 10.1 Å². The van der Waals surface area contributed by atoms with Crippen molar-refractivity contribution in [2.45, 2.75) is 58.6 Å². The molecule has 0 radical (unpaired) electrons. The summed E-state index contributed by atoms with van der Waals surface area (Å²) in [5.74, 6) is 0.107. The molecular formula is C19H29N3O4S. The zero-order valence-corrected chi connectivity index (χ0v) is 16.9. The van der Waals surface area contributed by atoms with Gasteiger partial charge in [0.15, 0.2) is 0 Å². The molecule has 0 amide bonds. The lowest BCUT2D eigenvalue weighted by Gasteiger charge is -2.50. The van der Waals surface area contributed by atoms with E-state index < -0.39 is 22.3 Å². The summed E-state index contributed by atoms with van der Waals surface area (Å²) in [7, 11) is -4.33. The van der Waals surface area contributed by atoms with Crippen molar-refractivity contribution in [1.29, 1.82) is 0 Å². The number of aliphatic hydroxyl groups is 1. The van der Waals surface area contributed by atoms with E-state index in [0.717, 1.165) is 25.0 Å². The van der Waals surface area contributed by atoms with Crippen molar-refractivity contribution in [1.82, 2.24) is 0 Å². The average Bonchev–Trinajstić information content (AvgIpc) is 2.53. The number of rotatable bonds is 3. The van der Waals surface area contributed by atoms with E-state index in [4.69, 9.17) is 5.73 Å². The molecule has 3 aliphatic rings. The lowest BCUT2D eigenvalue weighted by Crippen LogP contribution is -2.51. The lowest BCUT2D eigenvalue weighted by atomic mass is 9.58. The van der Waals surface area contributed by atoms with Crippen LogP contribution >= 0.6 is 0 Å². The number of allylic oxidation sites excluding steroid dienone is 5. The van der Waals surface area contributed by atoms with Crippen molar-refractivity contribution in [3.05, 3.63) is 34.5 Å². The Balaban J connectivity index is 1.88. The van der Waals surface area contributed by atoms with Crippen LogP contribution in [0.2, 0.25) is 0 Å². The molecule has 3 aliphatic carbocycles. The number of hydrogen-bond donors (Lipinski definition) is 3. The van der Waals surface area contributed by atoms with Gasteiger partial charge in [0.2, 0.25) is 0 Å². The molecule has 4 N–H and O–H groups in total. The van der Waals surface area contributed by atoms with Gasteiger partial charge in [-0.2, -0.15) is 18.6 Å². The highest BCUT2D eigenvalue weighted by molar-refractivity contribution is 7.89. The largest absolute Gasteiger partial charge is 0.402 e. The van der Waals surface area contributed by atoms with Gasteiger partial charge in [-0.3, -0.25) is 4.55 Å². The summed E-state index contributed by atoms with van der Waals surface area (Å²) < 4.78 is 32.9. The van der Waals surface area contributed by atoms with E-state index in [9.17, 15) is 18.1 Å². The van der Waals surface area contributed by atoms with Crippen molar-refractivity contribution in [2.24, 2.45) is 39.1 Å². The number of aliphatic hydroxyl groups excluding tert-OH is 1. The summed E-state index contributed by atoms with van der Waals surface area (Å²) in [6.07, 6.45) is 7.41. The van der Waals surface area contributed by atoms with Crippen molar-refractivity contribution >= 4 is 10.1 Å². The van der Waals surface area contributed by atoms with E-state index in [1.165, 1.54) is 0 Å². The standard InChI is InChI=1S/C19H29N3O4S/c1-11-4-7-15(16(8-11)27(24,25)26)21-22-17-12(2)9-19(3)10-13(20)5-6-14(19)18(17)23/h4,7,10-12,14,17-18,23H,5-6,8-9,20H2,1-3H3,(H,24,25,26). The maximum atomic E-state index is 11.7. The minimum Gasteiger partial charge on any atom is -0.402 e. The Labute approximate surface area is 160 Å². The molecule has 1 fully saturated rings. The molecule has 8 heteroatoms. The van der Waals surface area contributed by atoms with Crippen molar-refractivity contribution in [3.8, 4) is 0 Å². The first-order valence-corrected chi connectivity index (χ1v) is 10.9. The monoisotopic (exact) mass is 395 g/mol. The molecule has 0 saturated heterocycles. The highest BCUT2D eigenvalue weighted by Crippen LogP contribution is 2.50. The first-order valence-electron chi connectivity index (χ1n) is 9.46. The van der Waals surface area contributed by atoms with E-state index in [0.29, 0.717) is 0 Å². The van der Waals surface area contributed by atoms with Gasteiger partial charge < -0.3 is 10.8 Å². The molecule has 0 aromatic rings. The quantitative estimate of drug-likeness (QED) is 0.500. The summed E-state index contributed by atoms with van der Waals surface area (Å²) in [4.78, 5) is -0.114. The summed E-state index contributed by atoms with van der Waals surface area (Å²) in [5.41, 5.74) is 6.88. The molecule has 3 rings (SSSR count). The molecule has 150 valence electrons. The zero-order valence-electron chi connectivity index (χ0n) is 16.0. The predicted molar refractivity (Wildman–Crippen MR) is 103 cm³/mol. The molecule has 0 aromatic heterocycles. The van der Waals surface area contributed by atoms with Gasteiger partial charge in [-0.15, -0.1) is 0 Å². The smallest absolute Gasteiger partial charge is 0.292 e. The van der Waals surface area contributed by atoms with Crippen LogP contribution in [0.1, 0.15) is 46.5 Å². The minimum atomic E-state index is -4.33. The fourth-order valence-electron chi connectivity index (χ4n) is 4.87. The Kier molecular flexibility index (Phi) is 5.35. The Hall–Kier alpha value is -1.51. The second-order valence-electron chi connectivity index (χ2n) is 8.57. The van der Waals surface area contributed by atoms with Gasteiger partial charge in [0.1, 0.15) is 5.70 Å². The van der Waals surface area contributed by atoms with Crippen LogP contribution in [0.5, 0.6) is 0 Å². The maximum absolute atomic E-state index is 11.7. The molecule has 0 bridgehead atoms. The SMILES string of the molecule is CC1C=CC(N=NC2C(C)CC3(C)C=C(N)CCC3C2O)=C(S(=O)(=O)O)C1. The van der Waals surface area contributed by atoms with Crippen molar-refractivity contribution in [3.63, 3.8) is 0 Å². The predicted octanol–water partition coefficient (Wildman–Crippen LogP) is 3.16. The third-order valence-corrected chi connectivity index (χ3v) is 7.20. The van der Waals surface area contributed by atoms with E-state index in [-0.39, 0.29) is 40.2 Å². The van der Waals surface area contributed by atoms with Crippen LogP contribution < -0.4 is 5.73 Å². The van der Waals surface area contributed by atoms with E-state index >= 15 is 0 Å². The van der Waals surface area contributed by atoms with Crippen LogP contribution in [-0.4, -0.2) is 30.2 Å². The van der Waals surface area contributed by atoms with Crippen LogP contribution in [0.25, 0.3) is 0 Å². The van der Waals surface area contributed by atoms with E-state index in [1.807, 2.05) is 19.9 Å². The minimum absolute atomic E-state index is 0.000242. The fourth-order valence-corrected chi connectivity index (χ4v) is 5.71. The fraction of sp³-hybridized carbons (Fsp3) is 0.684.